The number of hydrogen-bond donors (Lipinski definition) is 2. The van der Waals surface area contributed by atoms with E-state index in [9.17, 15) is 14.0 Å². The van der Waals surface area contributed by atoms with Gasteiger partial charge in [0.25, 0.3) is 0 Å². The maximum absolute atomic E-state index is 13.3. The van der Waals surface area contributed by atoms with Crippen LogP contribution in [-0.2, 0) is 9.59 Å². The molecular formula is C22H24FN5O2. The fraction of sp³-hybridized carbons (Fsp3) is 0.318. The van der Waals surface area contributed by atoms with E-state index in [1.807, 2.05) is 22.8 Å². The van der Waals surface area contributed by atoms with Gasteiger partial charge in [-0.2, -0.15) is 5.26 Å². The predicted octanol–water partition coefficient (Wildman–Crippen LogP) is 2.28. The summed E-state index contributed by atoms with van der Waals surface area (Å²) in [4.78, 5) is 28.8. The number of hydrogen-bond acceptors (Lipinski definition) is 5. The molecule has 2 amide bonds. The third-order valence-corrected chi connectivity index (χ3v) is 5.07. The topological polar surface area (TPSA) is 88.5 Å². The number of benzene rings is 2. The molecule has 7 nitrogen and oxygen atoms in total. The lowest BCUT2D eigenvalue weighted by Crippen LogP contribution is -2.53. The molecule has 1 atom stereocenters. The van der Waals surface area contributed by atoms with E-state index in [0.717, 1.165) is 0 Å². The van der Waals surface area contributed by atoms with Crippen LogP contribution in [0.25, 0.3) is 0 Å². The Hall–Kier alpha value is -3.28. The number of nitrogens with zero attached hydrogens (tertiary/aromatic N) is 3. The van der Waals surface area contributed by atoms with Crippen molar-refractivity contribution >= 4 is 23.2 Å². The van der Waals surface area contributed by atoms with E-state index in [4.69, 9.17) is 5.26 Å². The average molecular weight is 409 g/mol. The number of nitrogens with one attached hydrogen (secondary N) is 2. The van der Waals surface area contributed by atoms with Gasteiger partial charge in [0.1, 0.15) is 5.82 Å². The van der Waals surface area contributed by atoms with Crippen LogP contribution in [0.15, 0.2) is 48.5 Å². The molecule has 156 valence electrons. The molecule has 0 aliphatic carbocycles. The summed E-state index contributed by atoms with van der Waals surface area (Å²) in [6.45, 7) is 4.67. The number of nitriles is 1. The van der Waals surface area contributed by atoms with Gasteiger partial charge in [0.05, 0.1) is 24.2 Å². The number of rotatable bonds is 6. The van der Waals surface area contributed by atoms with Gasteiger partial charge in [-0.15, -0.1) is 0 Å². The van der Waals surface area contributed by atoms with Crippen molar-refractivity contribution in [2.75, 3.05) is 43.4 Å². The Bertz CT molecular complexity index is 951. The summed E-state index contributed by atoms with van der Waals surface area (Å²) in [5.41, 5.74) is 1.52. The summed E-state index contributed by atoms with van der Waals surface area (Å²) in [6, 6.07) is 14.3. The lowest BCUT2D eigenvalue weighted by Gasteiger charge is -2.37. The Morgan fingerprint density at radius 1 is 1.07 bits per heavy atom. The maximum atomic E-state index is 13.3. The van der Waals surface area contributed by atoms with Crippen molar-refractivity contribution < 1.29 is 14.0 Å². The molecular weight excluding hydrogens is 385 g/mol. The van der Waals surface area contributed by atoms with Gasteiger partial charge in [0, 0.05) is 37.6 Å². The Morgan fingerprint density at radius 2 is 1.73 bits per heavy atom. The van der Waals surface area contributed by atoms with Crippen molar-refractivity contribution in [2.45, 2.75) is 13.0 Å². The molecule has 1 aliphatic rings. The summed E-state index contributed by atoms with van der Waals surface area (Å²) in [5, 5.41) is 14.5. The van der Waals surface area contributed by atoms with Crippen LogP contribution in [0.3, 0.4) is 0 Å². The summed E-state index contributed by atoms with van der Waals surface area (Å²) in [5.74, 6) is -0.730. The Labute approximate surface area is 175 Å². The van der Waals surface area contributed by atoms with Gasteiger partial charge in [-0.05, 0) is 43.3 Å². The largest absolute Gasteiger partial charge is 0.325 e. The fourth-order valence-corrected chi connectivity index (χ4v) is 3.36. The zero-order chi connectivity index (χ0) is 21.5. The second-order valence-corrected chi connectivity index (χ2v) is 7.23. The summed E-state index contributed by atoms with van der Waals surface area (Å²) in [6.07, 6.45) is 0. The molecule has 1 heterocycles. The Morgan fingerprint density at radius 3 is 2.40 bits per heavy atom. The van der Waals surface area contributed by atoms with Gasteiger partial charge in [0.15, 0.2) is 0 Å². The van der Waals surface area contributed by atoms with Crippen molar-refractivity contribution in [2.24, 2.45) is 0 Å². The monoisotopic (exact) mass is 409 g/mol. The minimum absolute atomic E-state index is 0.143. The highest BCUT2D eigenvalue weighted by Crippen LogP contribution is 2.13. The minimum Gasteiger partial charge on any atom is -0.325 e. The van der Waals surface area contributed by atoms with E-state index in [1.54, 1.807) is 36.4 Å². The van der Waals surface area contributed by atoms with Crippen molar-refractivity contribution in [3.8, 4) is 6.07 Å². The van der Waals surface area contributed by atoms with Crippen LogP contribution in [0.4, 0.5) is 15.8 Å². The lowest BCUT2D eigenvalue weighted by atomic mass is 10.2. The molecule has 0 bridgehead atoms. The molecule has 1 fully saturated rings. The normalized spacial score (nSPS) is 15.8. The molecule has 3 rings (SSSR count). The van der Waals surface area contributed by atoms with Crippen LogP contribution in [0.2, 0.25) is 0 Å². The molecule has 0 spiro atoms. The second-order valence-electron chi connectivity index (χ2n) is 7.23. The van der Waals surface area contributed by atoms with E-state index in [0.29, 0.717) is 43.1 Å². The molecule has 0 aromatic heterocycles. The number of amides is 2. The Balaban J connectivity index is 1.45. The molecule has 1 unspecified atom stereocenters. The van der Waals surface area contributed by atoms with Gasteiger partial charge in [-0.3, -0.25) is 19.4 Å². The summed E-state index contributed by atoms with van der Waals surface area (Å²) >= 11 is 0. The van der Waals surface area contributed by atoms with E-state index in [1.165, 1.54) is 12.1 Å². The predicted molar refractivity (Wildman–Crippen MR) is 112 cm³/mol. The van der Waals surface area contributed by atoms with Gasteiger partial charge in [0.2, 0.25) is 11.8 Å². The van der Waals surface area contributed by atoms with Gasteiger partial charge in [-0.1, -0.05) is 12.1 Å². The summed E-state index contributed by atoms with van der Waals surface area (Å²) < 4.78 is 13.3. The zero-order valence-corrected chi connectivity index (χ0v) is 16.8. The van der Waals surface area contributed by atoms with Crippen LogP contribution in [-0.4, -0.2) is 60.4 Å². The van der Waals surface area contributed by atoms with Gasteiger partial charge >= 0.3 is 0 Å². The van der Waals surface area contributed by atoms with E-state index in [2.05, 4.69) is 10.6 Å². The van der Waals surface area contributed by atoms with Gasteiger partial charge in [-0.25, -0.2) is 4.39 Å². The number of piperazine rings is 1. The first kappa shape index (κ1) is 21.4. The third kappa shape index (κ3) is 5.86. The molecule has 1 aliphatic heterocycles. The molecule has 2 N–H and O–H groups in total. The van der Waals surface area contributed by atoms with Crippen LogP contribution in [0.5, 0.6) is 0 Å². The second kappa shape index (κ2) is 9.96. The highest BCUT2D eigenvalue weighted by atomic mass is 19.1. The molecule has 0 saturated carbocycles. The standard InChI is InChI=1S/C22H24FN5O2/c1-16(22(30)26-20-7-3-5-18(23)13-20)28-10-8-27(9-11-28)15-21(29)25-19-6-2-4-17(12-19)14-24/h2-7,12-13,16H,8-11,15H2,1H3,(H,25,29)(H,26,30). The average Bonchev–Trinajstić information content (AvgIpc) is 2.74. The number of halogens is 1. The van der Waals surface area contributed by atoms with Crippen LogP contribution in [0.1, 0.15) is 12.5 Å². The number of carbonyl (C=O) groups is 2. The first-order chi connectivity index (χ1) is 14.4. The molecule has 2 aromatic carbocycles. The van der Waals surface area contributed by atoms with Gasteiger partial charge < -0.3 is 10.6 Å². The number of carbonyl (C=O) groups excluding carboxylic acids is 2. The molecule has 8 heteroatoms. The molecule has 1 saturated heterocycles. The minimum atomic E-state index is -0.397. The Kier molecular flexibility index (Phi) is 7.12. The lowest BCUT2D eigenvalue weighted by molar-refractivity contribution is -0.122. The highest BCUT2D eigenvalue weighted by molar-refractivity contribution is 5.94. The van der Waals surface area contributed by atoms with Crippen molar-refractivity contribution in [1.82, 2.24) is 9.80 Å². The first-order valence-corrected chi connectivity index (χ1v) is 9.77. The number of anilines is 2. The summed E-state index contributed by atoms with van der Waals surface area (Å²) in [7, 11) is 0. The first-order valence-electron chi connectivity index (χ1n) is 9.77. The molecule has 2 aromatic rings. The van der Waals surface area contributed by atoms with E-state index in [-0.39, 0.29) is 24.4 Å². The van der Waals surface area contributed by atoms with Crippen LogP contribution < -0.4 is 10.6 Å². The third-order valence-electron chi connectivity index (χ3n) is 5.07. The molecule has 0 radical (unpaired) electrons. The van der Waals surface area contributed by atoms with Crippen LogP contribution in [0, 0.1) is 17.1 Å². The van der Waals surface area contributed by atoms with Crippen molar-refractivity contribution in [3.05, 3.63) is 59.9 Å². The van der Waals surface area contributed by atoms with Crippen molar-refractivity contribution in [3.63, 3.8) is 0 Å². The zero-order valence-electron chi connectivity index (χ0n) is 16.8. The quantitative estimate of drug-likeness (QED) is 0.764. The molecule has 30 heavy (non-hydrogen) atoms. The SMILES string of the molecule is CC(C(=O)Nc1cccc(F)c1)N1CCN(CC(=O)Nc2cccc(C#N)c2)CC1. The van der Waals surface area contributed by atoms with E-state index < -0.39 is 5.82 Å². The van der Waals surface area contributed by atoms with E-state index >= 15 is 0 Å². The smallest absolute Gasteiger partial charge is 0.241 e. The maximum Gasteiger partial charge on any atom is 0.241 e. The van der Waals surface area contributed by atoms with Crippen LogP contribution >= 0.6 is 0 Å². The highest BCUT2D eigenvalue weighted by Gasteiger charge is 2.26. The van der Waals surface area contributed by atoms with Crippen molar-refractivity contribution in [1.29, 1.82) is 5.26 Å². The fourth-order valence-electron chi connectivity index (χ4n) is 3.36.